The zero-order valence-electron chi connectivity index (χ0n) is 7.17. The van der Waals surface area contributed by atoms with Crippen molar-refractivity contribution in [3.63, 3.8) is 0 Å². The third-order valence-corrected chi connectivity index (χ3v) is 3.16. The van der Waals surface area contributed by atoms with Gasteiger partial charge < -0.3 is 10.1 Å². The highest BCUT2D eigenvalue weighted by molar-refractivity contribution is 7.10. The first-order chi connectivity index (χ1) is 5.92. The van der Waals surface area contributed by atoms with E-state index in [1.807, 2.05) is 18.4 Å². The van der Waals surface area contributed by atoms with Gasteiger partial charge in [0.05, 0.1) is 12.7 Å². The van der Waals surface area contributed by atoms with Gasteiger partial charge in [0, 0.05) is 17.8 Å². The van der Waals surface area contributed by atoms with Gasteiger partial charge in [0.1, 0.15) is 0 Å². The summed E-state index contributed by atoms with van der Waals surface area (Å²) < 4.78 is 5.65. The van der Waals surface area contributed by atoms with Crippen LogP contribution in [0.1, 0.15) is 16.5 Å². The van der Waals surface area contributed by atoms with Crippen LogP contribution in [0.25, 0.3) is 0 Å². The summed E-state index contributed by atoms with van der Waals surface area (Å²) in [6.45, 7) is 1.80. The third-order valence-electron chi connectivity index (χ3n) is 2.16. The normalized spacial score (nSPS) is 22.2. The van der Waals surface area contributed by atoms with Gasteiger partial charge in [-0.3, -0.25) is 0 Å². The maximum atomic E-state index is 5.65. The predicted octanol–water partition coefficient (Wildman–Crippen LogP) is 1.58. The first-order valence-corrected chi connectivity index (χ1v) is 5.12. The van der Waals surface area contributed by atoms with E-state index in [1.54, 1.807) is 0 Å². The summed E-state index contributed by atoms with van der Waals surface area (Å²) in [4.78, 5) is 1.50. The minimum absolute atomic E-state index is 0.282. The average Bonchev–Trinajstić information content (AvgIpc) is 2.53. The molecular formula is C9H13NOS. The van der Waals surface area contributed by atoms with Crippen molar-refractivity contribution in [3.05, 3.63) is 21.9 Å². The topological polar surface area (TPSA) is 21.3 Å². The van der Waals surface area contributed by atoms with Crippen LogP contribution in [0.15, 0.2) is 11.4 Å². The first kappa shape index (κ1) is 8.23. The second kappa shape index (κ2) is 3.56. The first-order valence-electron chi connectivity index (χ1n) is 4.24. The minimum atomic E-state index is 0.282. The second-order valence-corrected chi connectivity index (χ2v) is 3.97. The molecule has 2 nitrogen and oxygen atoms in total. The molecule has 0 unspecified atom stereocenters. The average molecular weight is 183 g/mol. The molecule has 0 saturated carbocycles. The highest BCUT2D eigenvalue weighted by Gasteiger charge is 2.20. The maximum absolute atomic E-state index is 5.65. The van der Waals surface area contributed by atoms with Crippen molar-refractivity contribution in [1.29, 1.82) is 0 Å². The molecule has 1 atom stereocenters. The summed E-state index contributed by atoms with van der Waals surface area (Å²) in [5.74, 6) is 0. The maximum Gasteiger partial charge on any atom is 0.0959 e. The molecule has 1 aliphatic heterocycles. The van der Waals surface area contributed by atoms with Crippen molar-refractivity contribution in [2.75, 3.05) is 20.2 Å². The lowest BCUT2D eigenvalue weighted by Gasteiger charge is -2.22. The van der Waals surface area contributed by atoms with Crippen LogP contribution in [0.2, 0.25) is 0 Å². The Balaban J connectivity index is 2.19. The van der Waals surface area contributed by atoms with Crippen LogP contribution in [0.5, 0.6) is 0 Å². The van der Waals surface area contributed by atoms with Gasteiger partial charge in [-0.15, -0.1) is 11.3 Å². The van der Waals surface area contributed by atoms with Crippen LogP contribution in [0.3, 0.4) is 0 Å². The van der Waals surface area contributed by atoms with Crippen molar-refractivity contribution in [1.82, 2.24) is 5.32 Å². The molecule has 1 aliphatic rings. The van der Waals surface area contributed by atoms with Crippen molar-refractivity contribution in [2.24, 2.45) is 0 Å². The molecule has 3 heteroatoms. The number of thiophene rings is 1. The molecule has 0 fully saturated rings. The van der Waals surface area contributed by atoms with E-state index < -0.39 is 0 Å². The van der Waals surface area contributed by atoms with Gasteiger partial charge in [0.25, 0.3) is 0 Å². The number of nitrogens with one attached hydrogen (secondary N) is 1. The van der Waals surface area contributed by atoms with E-state index in [9.17, 15) is 0 Å². The quantitative estimate of drug-likeness (QED) is 0.751. The van der Waals surface area contributed by atoms with Gasteiger partial charge >= 0.3 is 0 Å². The zero-order valence-corrected chi connectivity index (χ0v) is 7.99. The van der Waals surface area contributed by atoms with E-state index >= 15 is 0 Å². The SMILES string of the molecule is CNC[C@H]1OCCc2sccc21. The van der Waals surface area contributed by atoms with Crippen LogP contribution in [-0.2, 0) is 11.2 Å². The van der Waals surface area contributed by atoms with Gasteiger partial charge in [-0.1, -0.05) is 0 Å². The van der Waals surface area contributed by atoms with E-state index in [0.29, 0.717) is 0 Å². The molecule has 0 saturated heterocycles. The van der Waals surface area contributed by atoms with Crippen molar-refractivity contribution < 1.29 is 4.74 Å². The summed E-state index contributed by atoms with van der Waals surface area (Å²) in [5, 5.41) is 5.30. The summed E-state index contributed by atoms with van der Waals surface area (Å²) in [5.41, 5.74) is 1.39. The summed E-state index contributed by atoms with van der Waals surface area (Å²) >= 11 is 1.85. The standard InChI is InChI=1S/C9H13NOS/c1-10-6-8-7-3-5-12-9(7)2-4-11-8/h3,5,8,10H,2,4,6H2,1H3/t8-/m1/s1. The summed E-state index contributed by atoms with van der Waals surface area (Å²) in [6, 6.07) is 2.18. The molecule has 0 spiro atoms. The Kier molecular flexibility index (Phi) is 2.44. The number of hydrogen-bond donors (Lipinski definition) is 1. The van der Waals surface area contributed by atoms with E-state index in [1.165, 1.54) is 10.4 Å². The molecule has 1 aromatic heterocycles. The van der Waals surface area contributed by atoms with Gasteiger partial charge in [-0.2, -0.15) is 0 Å². The molecule has 2 rings (SSSR count). The molecule has 0 aliphatic carbocycles. The van der Waals surface area contributed by atoms with Gasteiger partial charge in [-0.05, 0) is 24.1 Å². The van der Waals surface area contributed by atoms with Crippen LogP contribution in [0, 0.1) is 0 Å². The molecule has 66 valence electrons. The fraction of sp³-hybridized carbons (Fsp3) is 0.556. The Hall–Kier alpha value is -0.380. The lowest BCUT2D eigenvalue weighted by atomic mass is 10.1. The highest BCUT2D eigenvalue weighted by atomic mass is 32.1. The lowest BCUT2D eigenvalue weighted by molar-refractivity contribution is 0.0451. The molecule has 12 heavy (non-hydrogen) atoms. The van der Waals surface area contributed by atoms with Crippen LogP contribution in [-0.4, -0.2) is 20.2 Å². The van der Waals surface area contributed by atoms with E-state index in [2.05, 4.69) is 16.8 Å². The fourth-order valence-corrected chi connectivity index (χ4v) is 2.49. The molecule has 0 amide bonds. The number of rotatable bonds is 2. The molecule has 0 aromatic carbocycles. The lowest BCUT2D eigenvalue weighted by Crippen LogP contribution is -2.24. The Bertz CT molecular complexity index is 259. The zero-order chi connectivity index (χ0) is 8.39. The van der Waals surface area contributed by atoms with Crippen LogP contribution in [0.4, 0.5) is 0 Å². The molecule has 2 heterocycles. The van der Waals surface area contributed by atoms with Crippen molar-refractivity contribution in [2.45, 2.75) is 12.5 Å². The number of likely N-dealkylation sites (N-methyl/N-ethyl adjacent to an activating group) is 1. The molecule has 1 aromatic rings. The monoisotopic (exact) mass is 183 g/mol. The molecule has 0 bridgehead atoms. The van der Waals surface area contributed by atoms with E-state index in [0.717, 1.165) is 19.6 Å². The summed E-state index contributed by atoms with van der Waals surface area (Å²) in [7, 11) is 1.96. The van der Waals surface area contributed by atoms with E-state index in [4.69, 9.17) is 4.74 Å². The van der Waals surface area contributed by atoms with E-state index in [-0.39, 0.29) is 6.10 Å². The van der Waals surface area contributed by atoms with Gasteiger partial charge in [0.15, 0.2) is 0 Å². The Morgan fingerprint density at radius 1 is 1.75 bits per heavy atom. The minimum Gasteiger partial charge on any atom is -0.372 e. The predicted molar refractivity (Wildman–Crippen MR) is 50.6 cm³/mol. The Labute approximate surface area is 76.6 Å². The molecule has 1 N–H and O–H groups in total. The highest BCUT2D eigenvalue weighted by Crippen LogP contribution is 2.30. The Morgan fingerprint density at radius 3 is 3.50 bits per heavy atom. The number of hydrogen-bond acceptors (Lipinski definition) is 3. The fourth-order valence-electron chi connectivity index (χ4n) is 1.58. The van der Waals surface area contributed by atoms with Gasteiger partial charge in [-0.25, -0.2) is 0 Å². The van der Waals surface area contributed by atoms with Crippen LogP contribution < -0.4 is 5.32 Å². The second-order valence-electron chi connectivity index (χ2n) is 2.97. The van der Waals surface area contributed by atoms with Crippen molar-refractivity contribution in [3.8, 4) is 0 Å². The number of ether oxygens (including phenoxy) is 1. The van der Waals surface area contributed by atoms with Crippen LogP contribution >= 0.6 is 11.3 Å². The number of fused-ring (bicyclic) bond motifs is 1. The third kappa shape index (κ3) is 1.40. The Morgan fingerprint density at radius 2 is 2.67 bits per heavy atom. The molecular weight excluding hydrogens is 170 g/mol. The smallest absolute Gasteiger partial charge is 0.0959 e. The molecule has 0 radical (unpaired) electrons. The van der Waals surface area contributed by atoms with Crippen molar-refractivity contribution >= 4 is 11.3 Å². The van der Waals surface area contributed by atoms with Gasteiger partial charge in [0.2, 0.25) is 0 Å². The largest absolute Gasteiger partial charge is 0.372 e. The summed E-state index contributed by atoms with van der Waals surface area (Å²) in [6.07, 6.45) is 1.37.